The van der Waals surface area contributed by atoms with Gasteiger partial charge in [0.05, 0.1) is 5.92 Å². The van der Waals surface area contributed by atoms with Crippen LogP contribution in [0.5, 0.6) is 0 Å². The Kier molecular flexibility index (Phi) is 8.74. The van der Waals surface area contributed by atoms with Gasteiger partial charge in [0.15, 0.2) is 0 Å². The number of aliphatic hydroxyl groups is 1. The standard InChI is InChI=1S/C18H27N3O5/c1-11(2)9-13(15(22)18(25)21-26)16(23)20-14(17(24)19-3)10-12-7-5-4-6-8-12/h4-8,11,13-15,22,26H,9-10H2,1-3H3,(H,19,24)(H,20,23)(H,21,25)/t13-,14+,15+/m1/s1. The van der Waals surface area contributed by atoms with E-state index < -0.39 is 29.9 Å². The summed E-state index contributed by atoms with van der Waals surface area (Å²) in [7, 11) is 1.46. The van der Waals surface area contributed by atoms with Gasteiger partial charge in [-0.25, -0.2) is 5.48 Å². The van der Waals surface area contributed by atoms with Crippen LogP contribution in [0.1, 0.15) is 25.8 Å². The average Bonchev–Trinajstić information content (AvgIpc) is 2.64. The molecular formula is C18H27N3O5. The number of rotatable bonds is 9. The number of hydrogen-bond donors (Lipinski definition) is 5. The average molecular weight is 365 g/mol. The molecule has 0 spiro atoms. The molecular weight excluding hydrogens is 338 g/mol. The fourth-order valence-electron chi connectivity index (χ4n) is 2.65. The van der Waals surface area contributed by atoms with Crippen molar-refractivity contribution in [2.24, 2.45) is 11.8 Å². The van der Waals surface area contributed by atoms with Gasteiger partial charge in [0.2, 0.25) is 11.8 Å². The molecule has 144 valence electrons. The van der Waals surface area contributed by atoms with Crippen molar-refractivity contribution < 1.29 is 24.7 Å². The second-order valence-electron chi connectivity index (χ2n) is 6.52. The second kappa shape index (κ2) is 10.5. The molecule has 0 bridgehead atoms. The molecule has 8 heteroatoms. The first kappa shape index (κ1) is 21.6. The molecule has 0 aliphatic carbocycles. The van der Waals surface area contributed by atoms with Crippen LogP contribution >= 0.6 is 0 Å². The fourth-order valence-corrected chi connectivity index (χ4v) is 2.65. The maximum atomic E-state index is 12.6. The van der Waals surface area contributed by atoms with Crippen LogP contribution in [-0.2, 0) is 20.8 Å². The lowest BCUT2D eigenvalue weighted by Gasteiger charge is -2.25. The van der Waals surface area contributed by atoms with Crippen molar-refractivity contribution in [3.05, 3.63) is 35.9 Å². The van der Waals surface area contributed by atoms with Crippen molar-refractivity contribution >= 4 is 17.7 Å². The number of amides is 3. The van der Waals surface area contributed by atoms with Crippen LogP contribution < -0.4 is 16.1 Å². The van der Waals surface area contributed by atoms with Crippen LogP contribution in [0.2, 0.25) is 0 Å². The van der Waals surface area contributed by atoms with Crippen LogP contribution in [-0.4, -0.2) is 47.2 Å². The Hall–Kier alpha value is -2.45. The maximum Gasteiger partial charge on any atom is 0.272 e. The number of likely N-dealkylation sites (N-methyl/N-ethyl adjacent to an activating group) is 1. The van der Waals surface area contributed by atoms with E-state index in [-0.39, 0.29) is 24.7 Å². The van der Waals surface area contributed by atoms with Crippen LogP contribution in [0.25, 0.3) is 0 Å². The summed E-state index contributed by atoms with van der Waals surface area (Å²) in [5.74, 6) is -3.15. The van der Waals surface area contributed by atoms with Gasteiger partial charge in [-0.1, -0.05) is 44.2 Å². The van der Waals surface area contributed by atoms with Crippen LogP contribution in [0.4, 0.5) is 0 Å². The highest BCUT2D eigenvalue weighted by atomic mass is 16.5. The predicted molar refractivity (Wildman–Crippen MR) is 95.0 cm³/mol. The van der Waals surface area contributed by atoms with Crippen molar-refractivity contribution in [2.45, 2.75) is 38.8 Å². The van der Waals surface area contributed by atoms with Crippen molar-refractivity contribution in [1.82, 2.24) is 16.1 Å². The summed E-state index contributed by atoms with van der Waals surface area (Å²) in [6, 6.07) is 8.32. The summed E-state index contributed by atoms with van der Waals surface area (Å²) >= 11 is 0. The third kappa shape index (κ3) is 6.45. The van der Waals surface area contributed by atoms with Gasteiger partial charge < -0.3 is 15.7 Å². The molecule has 0 aliphatic heterocycles. The normalized spacial score (nSPS) is 14.2. The molecule has 1 aromatic carbocycles. The summed E-state index contributed by atoms with van der Waals surface area (Å²) < 4.78 is 0. The van der Waals surface area contributed by atoms with Crippen LogP contribution in [0.15, 0.2) is 30.3 Å². The van der Waals surface area contributed by atoms with Crippen molar-refractivity contribution in [3.8, 4) is 0 Å². The van der Waals surface area contributed by atoms with E-state index >= 15 is 0 Å². The summed E-state index contributed by atoms with van der Waals surface area (Å²) in [4.78, 5) is 36.3. The van der Waals surface area contributed by atoms with E-state index in [1.807, 2.05) is 44.2 Å². The summed E-state index contributed by atoms with van der Waals surface area (Å²) in [6.07, 6.45) is -1.24. The summed E-state index contributed by atoms with van der Waals surface area (Å²) in [6.45, 7) is 3.67. The zero-order valence-electron chi connectivity index (χ0n) is 15.2. The predicted octanol–water partition coefficient (Wildman–Crippen LogP) is -0.0115. The number of hydroxylamine groups is 1. The Morgan fingerprint density at radius 3 is 2.15 bits per heavy atom. The third-order valence-electron chi connectivity index (χ3n) is 3.98. The second-order valence-corrected chi connectivity index (χ2v) is 6.52. The minimum atomic E-state index is -1.72. The van der Waals surface area contributed by atoms with Gasteiger partial charge in [0.1, 0.15) is 12.1 Å². The molecule has 1 rings (SSSR count). The third-order valence-corrected chi connectivity index (χ3v) is 3.98. The van der Waals surface area contributed by atoms with Gasteiger partial charge in [-0.15, -0.1) is 0 Å². The van der Waals surface area contributed by atoms with Gasteiger partial charge in [0, 0.05) is 13.5 Å². The van der Waals surface area contributed by atoms with Crippen molar-refractivity contribution in [2.75, 3.05) is 7.05 Å². The Labute approximate surface area is 152 Å². The molecule has 0 unspecified atom stereocenters. The molecule has 5 N–H and O–H groups in total. The Morgan fingerprint density at radius 1 is 1.04 bits per heavy atom. The van der Waals surface area contributed by atoms with Gasteiger partial charge in [-0.2, -0.15) is 0 Å². The van der Waals surface area contributed by atoms with Gasteiger partial charge in [0.25, 0.3) is 5.91 Å². The first-order valence-corrected chi connectivity index (χ1v) is 8.48. The van der Waals surface area contributed by atoms with Crippen molar-refractivity contribution in [1.29, 1.82) is 0 Å². The molecule has 0 radical (unpaired) electrons. The lowest BCUT2D eigenvalue weighted by molar-refractivity contribution is -0.147. The van der Waals surface area contributed by atoms with E-state index in [0.717, 1.165) is 5.56 Å². The highest BCUT2D eigenvalue weighted by molar-refractivity contribution is 5.92. The lowest BCUT2D eigenvalue weighted by atomic mass is 9.90. The van der Waals surface area contributed by atoms with E-state index in [2.05, 4.69) is 10.6 Å². The van der Waals surface area contributed by atoms with Gasteiger partial charge in [-0.05, 0) is 17.9 Å². The number of nitrogens with one attached hydrogen (secondary N) is 3. The summed E-state index contributed by atoms with van der Waals surface area (Å²) in [5.41, 5.74) is 2.21. The van der Waals surface area contributed by atoms with Crippen molar-refractivity contribution in [3.63, 3.8) is 0 Å². The number of carbonyl (C=O) groups excluding carboxylic acids is 3. The number of benzene rings is 1. The van der Waals surface area contributed by atoms with Gasteiger partial charge in [-0.3, -0.25) is 19.6 Å². The van der Waals surface area contributed by atoms with Gasteiger partial charge >= 0.3 is 0 Å². The molecule has 1 aromatic rings. The zero-order valence-corrected chi connectivity index (χ0v) is 15.2. The molecule has 3 amide bonds. The highest BCUT2D eigenvalue weighted by Gasteiger charge is 2.34. The quantitative estimate of drug-likeness (QED) is 0.311. The van der Waals surface area contributed by atoms with E-state index in [1.54, 1.807) is 0 Å². The molecule has 0 fully saturated rings. The maximum absolute atomic E-state index is 12.6. The first-order chi connectivity index (χ1) is 12.3. The largest absolute Gasteiger partial charge is 0.382 e. The Morgan fingerprint density at radius 2 is 1.65 bits per heavy atom. The molecule has 0 aromatic heterocycles. The fraction of sp³-hybridized carbons (Fsp3) is 0.500. The first-order valence-electron chi connectivity index (χ1n) is 8.48. The van der Waals surface area contributed by atoms with Crippen LogP contribution in [0, 0.1) is 11.8 Å². The molecule has 0 saturated carbocycles. The molecule has 26 heavy (non-hydrogen) atoms. The van der Waals surface area contributed by atoms with Crippen LogP contribution in [0.3, 0.4) is 0 Å². The topological polar surface area (TPSA) is 128 Å². The Balaban J connectivity index is 2.95. The molecule has 0 saturated heterocycles. The monoisotopic (exact) mass is 365 g/mol. The molecule has 3 atom stereocenters. The minimum Gasteiger partial charge on any atom is -0.382 e. The Bertz CT molecular complexity index is 606. The summed E-state index contributed by atoms with van der Waals surface area (Å²) in [5, 5.41) is 23.9. The molecule has 0 aliphatic rings. The zero-order chi connectivity index (χ0) is 19.7. The van der Waals surface area contributed by atoms with E-state index in [0.29, 0.717) is 0 Å². The highest BCUT2D eigenvalue weighted by Crippen LogP contribution is 2.17. The number of aliphatic hydroxyl groups excluding tert-OH is 1. The lowest BCUT2D eigenvalue weighted by Crippen LogP contribution is -2.52. The number of carbonyl (C=O) groups is 3. The number of hydrogen-bond acceptors (Lipinski definition) is 5. The smallest absolute Gasteiger partial charge is 0.272 e. The minimum absolute atomic E-state index is 0.0134. The molecule has 8 nitrogen and oxygen atoms in total. The van der Waals surface area contributed by atoms with E-state index in [4.69, 9.17) is 5.21 Å². The van der Waals surface area contributed by atoms with E-state index in [9.17, 15) is 19.5 Å². The van der Waals surface area contributed by atoms with E-state index in [1.165, 1.54) is 12.5 Å². The SMILES string of the molecule is CNC(=O)[C@H](Cc1ccccc1)NC(=O)[C@H](CC(C)C)[C@H](O)C(=O)NO. The molecule has 0 heterocycles.